The molecular formula is C16H24N4O2S. The first kappa shape index (κ1) is 17.6. The molecule has 3 amide bonds. The fourth-order valence-electron chi connectivity index (χ4n) is 2.24. The summed E-state index contributed by atoms with van der Waals surface area (Å²) < 4.78 is 0. The Labute approximate surface area is 141 Å². The summed E-state index contributed by atoms with van der Waals surface area (Å²) in [4.78, 5) is 25.1. The Bertz CT molecular complexity index is 545. The van der Waals surface area contributed by atoms with E-state index in [1.54, 1.807) is 14.1 Å². The number of anilines is 1. The standard InChI is InChI=1S/C16H24N4O2S/c1-20(2)16(22)19-13-5-3-4-12(8-13)10-18-15(21)9-14-11-23-7-6-17-14/h3-5,8,14,17H,6-7,9-11H2,1-2H3,(H,18,21)(H,19,22). The van der Waals surface area contributed by atoms with Gasteiger partial charge in [-0.3, -0.25) is 4.79 Å². The van der Waals surface area contributed by atoms with Gasteiger partial charge in [-0.05, 0) is 17.7 Å². The third-order valence-electron chi connectivity index (χ3n) is 3.50. The number of carbonyl (C=O) groups excluding carboxylic acids is 2. The highest BCUT2D eigenvalue weighted by Crippen LogP contribution is 2.12. The summed E-state index contributed by atoms with van der Waals surface area (Å²) in [7, 11) is 3.38. The Morgan fingerprint density at radius 1 is 1.39 bits per heavy atom. The molecule has 1 aliphatic rings. The molecule has 0 saturated carbocycles. The second kappa shape index (κ2) is 8.79. The molecule has 3 N–H and O–H groups in total. The molecule has 0 aromatic heterocycles. The van der Waals surface area contributed by atoms with Crippen LogP contribution in [0.25, 0.3) is 0 Å². The Balaban J connectivity index is 1.80. The van der Waals surface area contributed by atoms with E-state index >= 15 is 0 Å². The molecule has 1 aromatic rings. The smallest absolute Gasteiger partial charge is 0.321 e. The molecule has 1 atom stereocenters. The van der Waals surface area contributed by atoms with E-state index in [0.29, 0.717) is 13.0 Å². The maximum atomic E-state index is 12.0. The first-order chi connectivity index (χ1) is 11.0. The van der Waals surface area contributed by atoms with Gasteiger partial charge in [0.25, 0.3) is 0 Å². The van der Waals surface area contributed by atoms with Crippen molar-refractivity contribution in [1.82, 2.24) is 15.5 Å². The number of urea groups is 1. The van der Waals surface area contributed by atoms with Gasteiger partial charge in [0.1, 0.15) is 0 Å². The van der Waals surface area contributed by atoms with Crippen molar-refractivity contribution in [3.63, 3.8) is 0 Å². The van der Waals surface area contributed by atoms with E-state index in [1.807, 2.05) is 36.0 Å². The molecule has 126 valence electrons. The number of carbonyl (C=O) groups is 2. The van der Waals surface area contributed by atoms with Crippen molar-refractivity contribution in [1.29, 1.82) is 0 Å². The number of nitrogens with one attached hydrogen (secondary N) is 3. The van der Waals surface area contributed by atoms with Crippen LogP contribution in [0.4, 0.5) is 10.5 Å². The molecule has 0 radical (unpaired) electrons. The number of hydrogen-bond donors (Lipinski definition) is 3. The topological polar surface area (TPSA) is 73.5 Å². The van der Waals surface area contributed by atoms with Crippen molar-refractivity contribution in [3.05, 3.63) is 29.8 Å². The molecular weight excluding hydrogens is 312 g/mol. The summed E-state index contributed by atoms with van der Waals surface area (Å²) in [6, 6.07) is 7.59. The lowest BCUT2D eigenvalue weighted by atomic mass is 10.2. The molecule has 23 heavy (non-hydrogen) atoms. The van der Waals surface area contributed by atoms with Crippen LogP contribution in [0.2, 0.25) is 0 Å². The van der Waals surface area contributed by atoms with Crippen LogP contribution in [0.1, 0.15) is 12.0 Å². The van der Waals surface area contributed by atoms with Gasteiger partial charge in [0.2, 0.25) is 5.91 Å². The van der Waals surface area contributed by atoms with Crippen molar-refractivity contribution in [2.45, 2.75) is 19.0 Å². The molecule has 2 rings (SSSR count). The molecule has 0 aliphatic carbocycles. The average molecular weight is 336 g/mol. The van der Waals surface area contributed by atoms with Gasteiger partial charge in [-0.25, -0.2) is 4.79 Å². The Hall–Kier alpha value is -1.73. The summed E-state index contributed by atoms with van der Waals surface area (Å²) in [5.74, 6) is 2.15. The lowest BCUT2D eigenvalue weighted by Gasteiger charge is -2.22. The van der Waals surface area contributed by atoms with E-state index in [2.05, 4.69) is 16.0 Å². The Morgan fingerprint density at radius 2 is 2.22 bits per heavy atom. The lowest BCUT2D eigenvalue weighted by molar-refractivity contribution is -0.121. The summed E-state index contributed by atoms with van der Waals surface area (Å²) in [5.41, 5.74) is 1.68. The van der Waals surface area contributed by atoms with Crippen molar-refractivity contribution >= 4 is 29.4 Å². The van der Waals surface area contributed by atoms with Crippen molar-refractivity contribution in [2.24, 2.45) is 0 Å². The molecule has 1 saturated heterocycles. The van der Waals surface area contributed by atoms with Gasteiger partial charge in [0.15, 0.2) is 0 Å². The van der Waals surface area contributed by atoms with Crippen LogP contribution in [-0.2, 0) is 11.3 Å². The maximum Gasteiger partial charge on any atom is 0.321 e. The zero-order valence-electron chi connectivity index (χ0n) is 13.6. The minimum absolute atomic E-state index is 0.0488. The van der Waals surface area contributed by atoms with E-state index < -0.39 is 0 Å². The number of thioether (sulfide) groups is 1. The van der Waals surface area contributed by atoms with E-state index in [9.17, 15) is 9.59 Å². The highest BCUT2D eigenvalue weighted by atomic mass is 32.2. The molecule has 7 heteroatoms. The van der Waals surface area contributed by atoms with Crippen molar-refractivity contribution in [2.75, 3.05) is 37.5 Å². The van der Waals surface area contributed by atoms with E-state index in [1.165, 1.54) is 4.90 Å². The van der Waals surface area contributed by atoms with Crippen LogP contribution in [0.5, 0.6) is 0 Å². The summed E-state index contributed by atoms with van der Waals surface area (Å²) in [6.07, 6.45) is 0.504. The average Bonchev–Trinajstić information content (AvgIpc) is 2.54. The maximum absolute atomic E-state index is 12.0. The molecule has 1 heterocycles. The molecule has 0 spiro atoms. The van der Waals surface area contributed by atoms with Crippen LogP contribution in [-0.4, -0.2) is 55.0 Å². The van der Waals surface area contributed by atoms with Crippen molar-refractivity contribution < 1.29 is 9.59 Å². The highest BCUT2D eigenvalue weighted by molar-refractivity contribution is 7.99. The van der Waals surface area contributed by atoms with Crippen LogP contribution in [0.3, 0.4) is 0 Å². The predicted molar refractivity (Wildman–Crippen MR) is 94.7 cm³/mol. The molecule has 0 bridgehead atoms. The minimum atomic E-state index is -0.174. The fourth-order valence-corrected chi connectivity index (χ4v) is 3.19. The normalized spacial score (nSPS) is 17.4. The van der Waals surface area contributed by atoms with Crippen LogP contribution < -0.4 is 16.0 Å². The van der Waals surface area contributed by atoms with E-state index in [-0.39, 0.29) is 18.0 Å². The monoisotopic (exact) mass is 336 g/mol. The summed E-state index contributed by atoms with van der Waals surface area (Å²) in [6.45, 7) is 1.43. The first-order valence-electron chi connectivity index (χ1n) is 7.69. The van der Waals surface area contributed by atoms with Crippen LogP contribution in [0, 0.1) is 0 Å². The van der Waals surface area contributed by atoms with Crippen molar-refractivity contribution in [3.8, 4) is 0 Å². The number of hydrogen-bond acceptors (Lipinski definition) is 4. The fraction of sp³-hybridized carbons (Fsp3) is 0.500. The van der Waals surface area contributed by atoms with Gasteiger partial charge >= 0.3 is 6.03 Å². The summed E-state index contributed by atoms with van der Waals surface area (Å²) in [5, 5.41) is 9.09. The number of benzene rings is 1. The number of nitrogens with zero attached hydrogens (tertiary/aromatic N) is 1. The molecule has 6 nitrogen and oxygen atoms in total. The zero-order valence-corrected chi connectivity index (χ0v) is 14.4. The zero-order chi connectivity index (χ0) is 16.7. The van der Waals surface area contributed by atoms with Gasteiger partial charge in [0, 0.05) is 56.8 Å². The molecule has 1 fully saturated rings. The molecule has 1 aliphatic heterocycles. The minimum Gasteiger partial charge on any atom is -0.352 e. The Morgan fingerprint density at radius 3 is 2.91 bits per heavy atom. The van der Waals surface area contributed by atoms with Gasteiger partial charge < -0.3 is 20.9 Å². The van der Waals surface area contributed by atoms with Gasteiger partial charge in [-0.2, -0.15) is 11.8 Å². The second-order valence-corrected chi connectivity index (χ2v) is 6.88. The predicted octanol–water partition coefficient (Wildman–Crippen LogP) is 1.49. The quantitative estimate of drug-likeness (QED) is 0.762. The Kier molecular flexibility index (Phi) is 6.73. The van der Waals surface area contributed by atoms with E-state index in [0.717, 1.165) is 29.3 Å². The van der Waals surface area contributed by atoms with Gasteiger partial charge in [0.05, 0.1) is 0 Å². The lowest BCUT2D eigenvalue weighted by Crippen LogP contribution is -2.41. The first-order valence-corrected chi connectivity index (χ1v) is 8.85. The molecule has 1 unspecified atom stereocenters. The third kappa shape index (κ3) is 6.11. The van der Waals surface area contributed by atoms with Crippen LogP contribution >= 0.6 is 11.8 Å². The van der Waals surface area contributed by atoms with Gasteiger partial charge in [-0.1, -0.05) is 12.1 Å². The van der Waals surface area contributed by atoms with Crippen LogP contribution in [0.15, 0.2) is 24.3 Å². The molecule has 1 aromatic carbocycles. The van der Waals surface area contributed by atoms with E-state index in [4.69, 9.17) is 0 Å². The number of amides is 3. The second-order valence-electron chi connectivity index (χ2n) is 5.73. The largest absolute Gasteiger partial charge is 0.352 e. The third-order valence-corrected chi connectivity index (χ3v) is 4.64. The highest BCUT2D eigenvalue weighted by Gasteiger charge is 2.16. The summed E-state index contributed by atoms with van der Waals surface area (Å²) >= 11 is 1.88. The SMILES string of the molecule is CN(C)C(=O)Nc1cccc(CNC(=O)CC2CSCCN2)c1. The number of rotatable bonds is 5. The van der Waals surface area contributed by atoms with Gasteiger partial charge in [-0.15, -0.1) is 0 Å².